The molecule has 1 saturated heterocycles. The van der Waals surface area contributed by atoms with Crippen LogP contribution in [0.5, 0.6) is 0 Å². The van der Waals surface area contributed by atoms with Crippen LogP contribution in [0.3, 0.4) is 0 Å². The molecule has 4 heteroatoms. The number of hydrogen-bond acceptors (Lipinski definition) is 2. The monoisotopic (exact) mass is 213 g/mol. The van der Waals surface area contributed by atoms with Crippen molar-refractivity contribution >= 4 is 6.03 Å². The van der Waals surface area contributed by atoms with Gasteiger partial charge in [0.2, 0.25) is 0 Å². The van der Waals surface area contributed by atoms with Crippen LogP contribution in [0.4, 0.5) is 4.79 Å². The maximum atomic E-state index is 11.8. The highest BCUT2D eigenvalue weighted by Gasteiger charge is 2.15. The van der Waals surface area contributed by atoms with E-state index in [9.17, 15) is 4.79 Å². The Morgan fingerprint density at radius 1 is 1.27 bits per heavy atom. The van der Waals surface area contributed by atoms with Crippen molar-refractivity contribution in [3.05, 3.63) is 0 Å². The predicted octanol–water partition coefficient (Wildman–Crippen LogP) is 1.31. The molecule has 0 bridgehead atoms. The van der Waals surface area contributed by atoms with Crippen LogP contribution in [0, 0.1) is 0 Å². The van der Waals surface area contributed by atoms with Crippen LogP contribution in [0.1, 0.15) is 39.0 Å². The highest BCUT2D eigenvalue weighted by atomic mass is 16.2. The fourth-order valence-electron chi connectivity index (χ4n) is 1.81. The molecule has 15 heavy (non-hydrogen) atoms. The largest absolute Gasteiger partial charge is 0.334 e. The fraction of sp³-hybridized carbons (Fsp3) is 0.909. The van der Waals surface area contributed by atoms with Gasteiger partial charge in [0.05, 0.1) is 0 Å². The van der Waals surface area contributed by atoms with Gasteiger partial charge in [-0.3, -0.25) is 0 Å². The molecule has 4 nitrogen and oxygen atoms in total. The molecule has 2 amide bonds. The lowest BCUT2D eigenvalue weighted by molar-refractivity contribution is 0.189. The first-order valence-electron chi connectivity index (χ1n) is 5.99. The summed E-state index contributed by atoms with van der Waals surface area (Å²) in [6, 6.07) is 0.123. The van der Waals surface area contributed by atoms with Gasteiger partial charge in [0, 0.05) is 25.7 Å². The molecule has 1 heterocycles. The second-order valence-electron chi connectivity index (χ2n) is 4.34. The smallest absolute Gasteiger partial charge is 0.317 e. The summed E-state index contributed by atoms with van der Waals surface area (Å²) in [7, 11) is 0. The third-order valence-electron chi connectivity index (χ3n) is 2.87. The second kappa shape index (κ2) is 6.67. The molecule has 1 rings (SSSR count). The molecule has 1 unspecified atom stereocenters. The molecule has 3 N–H and O–H groups in total. The zero-order valence-electron chi connectivity index (χ0n) is 9.67. The summed E-state index contributed by atoms with van der Waals surface area (Å²) >= 11 is 0. The average Bonchev–Trinajstić information content (AvgIpc) is 2.16. The third kappa shape index (κ3) is 4.51. The molecular formula is C11H23N3O. The summed E-state index contributed by atoms with van der Waals surface area (Å²) in [4.78, 5) is 13.7. The zero-order valence-corrected chi connectivity index (χ0v) is 9.67. The van der Waals surface area contributed by atoms with Gasteiger partial charge in [0.25, 0.3) is 0 Å². The number of urea groups is 1. The molecule has 0 radical (unpaired) electrons. The minimum Gasteiger partial charge on any atom is -0.334 e. The van der Waals surface area contributed by atoms with E-state index in [-0.39, 0.29) is 12.1 Å². The van der Waals surface area contributed by atoms with E-state index in [1.165, 1.54) is 19.3 Å². The Morgan fingerprint density at radius 3 is 2.33 bits per heavy atom. The highest BCUT2D eigenvalue weighted by molar-refractivity contribution is 5.74. The molecule has 0 saturated carbocycles. The molecular weight excluding hydrogens is 190 g/mol. The number of nitrogens with zero attached hydrogens (tertiary/aromatic N) is 1. The average molecular weight is 213 g/mol. The van der Waals surface area contributed by atoms with Gasteiger partial charge in [0.15, 0.2) is 0 Å². The van der Waals surface area contributed by atoms with Crippen molar-refractivity contribution in [1.82, 2.24) is 10.2 Å². The van der Waals surface area contributed by atoms with Gasteiger partial charge in [-0.15, -0.1) is 0 Å². The fourth-order valence-corrected chi connectivity index (χ4v) is 1.81. The first kappa shape index (κ1) is 12.3. The highest BCUT2D eigenvalue weighted by Crippen LogP contribution is 2.10. The maximum absolute atomic E-state index is 11.8. The lowest BCUT2D eigenvalue weighted by Crippen LogP contribution is -2.47. The number of nitrogens with two attached hydrogens (primary N) is 1. The van der Waals surface area contributed by atoms with E-state index in [0.29, 0.717) is 6.54 Å². The Labute approximate surface area is 92.2 Å². The van der Waals surface area contributed by atoms with Crippen molar-refractivity contribution in [2.45, 2.75) is 45.1 Å². The van der Waals surface area contributed by atoms with E-state index >= 15 is 0 Å². The number of carbonyl (C=O) groups is 1. The zero-order chi connectivity index (χ0) is 11.1. The molecule has 1 aliphatic heterocycles. The van der Waals surface area contributed by atoms with Gasteiger partial charge in [-0.2, -0.15) is 0 Å². The third-order valence-corrected chi connectivity index (χ3v) is 2.87. The predicted molar refractivity (Wildman–Crippen MR) is 61.7 cm³/mol. The van der Waals surface area contributed by atoms with Crippen LogP contribution in [-0.4, -0.2) is 36.6 Å². The Kier molecular flexibility index (Phi) is 5.47. The lowest BCUT2D eigenvalue weighted by Gasteiger charge is -2.26. The van der Waals surface area contributed by atoms with Crippen LogP contribution in [0.2, 0.25) is 0 Å². The van der Waals surface area contributed by atoms with E-state index in [1.807, 2.05) is 11.8 Å². The van der Waals surface area contributed by atoms with Crippen molar-refractivity contribution in [2.75, 3.05) is 19.6 Å². The van der Waals surface area contributed by atoms with E-state index in [4.69, 9.17) is 5.73 Å². The van der Waals surface area contributed by atoms with Crippen LogP contribution >= 0.6 is 0 Å². The van der Waals surface area contributed by atoms with Gasteiger partial charge in [-0.1, -0.05) is 19.3 Å². The summed E-state index contributed by atoms with van der Waals surface area (Å²) in [6.07, 6.45) is 6.07. The minimum atomic E-state index is 0.0508. The quantitative estimate of drug-likeness (QED) is 0.726. The lowest BCUT2D eigenvalue weighted by atomic mass is 10.1. The molecule has 1 fully saturated rings. The van der Waals surface area contributed by atoms with Gasteiger partial charge < -0.3 is 16.0 Å². The van der Waals surface area contributed by atoms with Gasteiger partial charge >= 0.3 is 6.03 Å². The van der Waals surface area contributed by atoms with Crippen LogP contribution < -0.4 is 11.1 Å². The van der Waals surface area contributed by atoms with E-state index in [1.54, 1.807) is 0 Å². The van der Waals surface area contributed by atoms with E-state index in [0.717, 1.165) is 25.9 Å². The molecule has 0 spiro atoms. The summed E-state index contributed by atoms with van der Waals surface area (Å²) in [6.45, 7) is 4.22. The normalized spacial score (nSPS) is 20.3. The van der Waals surface area contributed by atoms with Crippen LogP contribution in [0.25, 0.3) is 0 Å². The molecule has 1 atom stereocenters. The number of carbonyl (C=O) groups excluding carboxylic acids is 1. The molecule has 1 aliphatic rings. The standard InChI is InChI=1S/C11H23N3O/c1-10(9-12)13-11(15)14-7-5-3-2-4-6-8-14/h10H,2-9,12H2,1H3,(H,13,15). The van der Waals surface area contributed by atoms with Crippen molar-refractivity contribution < 1.29 is 4.79 Å². The SMILES string of the molecule is CC(CN)NC(=O)N1CCCCCCC1. The maximum Gasteiger partial charge on any atom is 0.317 e. The minimum absolute atomic E-state index is 0.0508. The Balaban J connectivity index is 2.34. The Hall–Kier alpha value is -0.770. The Bertz CT molecular complexity index is 188. The first-order chi connectivity index (χ1) is 7.24. The summed E-state index contributed by atoms with van der Waals surface area (Å²) < 4.78 is 0. The summed E-state index contributed by atoms with van der Waals surface area (Å²) in [5.74, 6) is 0. The van der Waals surface area contributed by atoms with Gasteiger partial charge in [-0.25, -0.2) is 4.79 Å². The molecule has 88 valence electrons. The molecule has 0 aromatic heterocycles. The topological polar surface area (TPSA) is 58.4 Å². The van der Waals surface area contributed by atoms with Crippen molar-refractivity contribution in [2.24, 2.45) is 5.73 Å². The Morgan fingerprint density at radius 2 is 1.80 bits per heavy atom. The van der Waals surface area contributed by atoms with Gasteiger partial charge in [-0.05, 0) is 19.8 Å². The van der Waals surface area contributed by atoms with E-state index in [2.05, 4.69) is 5.32 Å². The number of amides is 2. The number of rotatable bonds is 2. The van der Waals surface area contributed by atoms with Gasteiger partial charge in [0.1, 0.15) is 0 Å². The van der Waals surface area contributed by atoms with Crippen LogP contribution in [-0.2, 0) is 0 Å². The molecule has 0 aromatic rings. The molecule has 0 aromatic carbocycles. The summed E-state index contributed by atoms with van der Waals surface area (Å²) in [5, 5.41) is 2.91. The first-order valence-corrected chi connectivity index (χ1v) is 5.99. The number of hydrogen-bond donors (Lipinski definition) is 2. The molecule has 0 aliphatic carbocycles. The summed E-state index contributed by atoms with van der Waals surface area (Å²) in [5.41, 5.74) is 5.47. The van der Waals surface area contributed by atoms with Crippen molar-refractivity contribution in [3.8, 4) is 0 Å². The van der Waals surface area contributed by atoms with Crippen molar-refractivity contribution in [3.63, 3.8) is 0 Å². The number of likely N-dealkylation sites (tertiary alicyclic amines) is 1. The number of nitrogens with one attached hydrogen (secondary N) is 1. The van der Waals surface area contributed by atoms with Crippen LogP contribution in [0.15, 0.2) is 0 Å². The van der Waals surface area contributed by atoms with E-state index < -0.39 is 0 Å². The second-order valence-corrected chi connectivity index (χ2v) is 4.34. The van der Waals surface area contributed by atoms with Crippen molar-refractivity contribution in [1.29, 1.82) is 0 Å².